The van der Waals surface area contributed by atoms with E-state index >= 15 is 0 Å². The lowest BCUT2D eigenvalue weighted by atomic mass is 10.2. The second-order valence-electron chi connectivity index (χ2n) is 3.94. The molecule has 0 saturated carbocycles. The highest BCUT2D eigenvalue weighted by Crippen LogP contribution is 2.30. The molecule has 0 bridgehead atoms. The Morgan fingerprint density at radius 2 is 1.90 bits per heavy atom. The summed E-state index contributed by atoms with van der Waals surface area (Å²) in [4.78, 5) is 4.11. The van der Waals surface area contributed by atoms with Crippen molar-refractivity contribution in [3.05, 3.63) is 36.0 Å². The minimum atomic E-state index is 0.190. The number of nitriles is 1. The Morgan fingerprint density at radius 1 is 1.15 bits per heavy atom. The number of benzene rings is 1. The Hall–Kier alpha value is -2.94. The van der Waals surface area contributed by atoms with Gasteiger partial charge in [0.25, 0.3) is 0 Å². The van der Waals surface area contributed by atoms with Crippen LogP contribution in [0.4, 0.5) is 17.2 Å². The molecule has 0 amide bonds. The largest absolute Gasteiger partial charge is 0.493 e. The molecule has 2 aromatic rings. The number of pyridine rings is 1. The summed E-state index contributed by atoms with van der Waals surface area (Å²) in [5, 5.41) is 12.0. The van der Waals surface area contributed by atoms with Crippen LogP contribution in [0.1, 0.15) is 5.69 Å². The predicted molar refractivity (Wildman–Crippen MR) is 76.2 cm³/mol. The molecule has 2 rings (SSSR count). The Labute approximate surface area is 116 Å². The number of rotatable bonds is 4. The van der Waals surface area contributed by atoms with E-state index in [1.165, 1.54) is 0 Å². The molecule has 1 aromatic carbocycles. The smallest absolute Gasteiger partial charge is 0.165 e. The van der Waals surface area contributed by atoms with Gasteiger partial charge < -0.3 is 20.5 Å². The van der Waals surface area contributed by atoms with Gasteiger partial charge in [-0.1, -0.05) is 0 Å². The van der Waals surface area contributed by atoms with Gasteiger partial charge in [0.05, 0.1) is 19.9 Å². The van der Waals surface area contributed by atoms with Crippen molar-refractivity contribution in [1.82, 2.24) is 4.98 Å². The predicted octanol–water partition coefficient (Wildman–Crippen LogP) is 2.30. The average Bonchev–Trinajstić information content (AvgIpc) is 2.49. The Kier molecular flexibility index (Phi) is 3.91. The summed E-state index contributed by atoms with van der Waals surface area (Å²) < 4.78 is 10.4. The number of hydrogen-bond donors (Lipinski definition) is 2. The molecule has 0 atom stereocenters. The van der Waals surface area contributed by atoms with Crippen LogP contribution in [0.2, 0.25) is 0 Å². The van der Waals surface area contributed by atoms with Gasteiger partial charge in [-0.2, -0.15) is 5.26 Å². The van der Waals surface area contributed by atoms with Gasteiger partial charge in [0.1, 0.15) is 11.9 Å². The Morgan fingerprint density at radius 3 is 2.55 bits per heavy atom. The lowest BCUT2D eigenvalue weighted by Crippen LogP contribution is -1.99. The molecule has 102 valence electrons. The van der Waals surface area contributed by atoms with E-state index in [4.69, 9.17) is 20.5 Å². The molecule has 3 N–H and O–H groups in total. The van der Waals surface area contributed by atoms with Crippen molar-refractivity contribution in [2.24, 2.45) is 0 Å². The molecular formula is C14H14N4O2. The second kappa shape index (κ2) is 5.80. The number of methoxy groups -OCH3 is 2. The summed E-state index contributed by atoms with van der Waals surface area (Å²) in [6, 6.07) is 10.7. The van der Waals surface area contributed by atoms with Crippen molar-refractivity contribution in [2.75, 3.05) is 25.3 Å². The van der Waals surface area contributed by atoms with Crippen LogP contribution in [-0.4, -0.2) is 19.2 Å². The molecule has 0 unspecified atom stereocenters. The highest BCUT2D eigenvalue weighted by atomic mass is 16.5. The summed E-state index contributed by atoms with van der Waals surface area (Å²) in [6.07, 6.45) is 0. The molecule has 6 heteroatoms. The molecule has 0 aliphatic rings. The van der Waals surface area contributed by atoms with E-state index in [1.807, 2.05) is 12.1 Å². The van der Waals surface area contributed by atoms with Gasteiger partial charge >= 0.3 is 0 Å². The zero-order chi connectivity index (χ0) is 14.5. The van der Waals surface area contributed by atoms with E-state index in [-0.39, 0.29) is 5.69 Å². The molecule has 0 radical (unpaired) electrons. The molecule has 0 spiro atoms. The third-order valence-corrected chi connectivity index (χ3v) is 2.69. The van der Waals surface area contributed by atoms with Gasteiger partial charge in [-0.25, -0.2) is 4.98 Å². The third-order valence-electron chi connectivity index (χ3n) is 2.69. The summed E-state index contributed by atoms with van der Waals surface area (Å²) in [5.74, 6) is 1.78. The maximum atomic E-state index is 8.90. The molecule has 0 fully saturated rings. The van der Waals surface area contributed by atoms with E-state index in [0.717, 1.165) is 5.69 Å². The first-order valence-electron chi connectivity index (χ1n) is 5.83. The van der Waals surface area contributed by atoms with Crippen molar-refractivity contribution in [2.45, 2.75) is 0 Å². The zero-order valence-corrected chi connectivity index (χ0v) is 11.2. The number of hydrogen-bond acceptors (Lipinski definition) is 6. The fraction of sp³-hybridized carbons (Fsp3) is 0.143. The van der Waals surface area contributed by atoms with Crippen LogP contribution in [0.15, 0.2) is 30.3 Å². The van der Waals surface area contributed by atoms with Crippen LogP contribution >= 0.6 is 0 Å². The monoisotopic (exact) mass is 270 g/mol. The van der Waals surface area contributed by atoms with Gasteiger partial charge in [-0.15, -0.1) is 0 Å². The maximum absolute atomic E-state index is 8.90. The number of nitrogens with two attached hydrogens (primary N) is 1. The van der Waals surface area contributed by atoms with E-state index in [9.17, 15) is 0 Å². The quantitative estimate of drug-likeness (QED) is 0.885. The number of nitrogens with one attached hydrogen (secondary N) is 1. The van der Waals surface area contributed by atoms with Crippen LogP contribution in [0.3, 0.4) is 0 Å². The minimum Gasteiger partial charge on any atom is -0.493 e. The van der Waals surface area contributed by atoms with Crippen LogP contribution in [0.5, 0.6) is 11.5 Å². The lowest BCUT2D eigenvalue weighted by Gasteiger charge is -2.11. The molecule has 1 heterocycles. The highest BCUT2D eigenvalue weighted by Gasteiger charge is 2.06. The average molecular weight is 270 g/mol. The van der Waals surface area contributed by atoms with E-state index in [0.29, 0.717) is 23.0 Å². The first-order valence-corrected chi connectivity index (χ1v) is 5.83. The third kappa shape index (κ3) is 2.72. The number of nitrogens with zero attached hydrogens (tertiary/aromatic N) is 2. The number of anilines is 3. The van der Waals surface area contributed by atoms with Crippen molar-refractivity contribution in [1.29, 1.82) is 5.26 Å². The SMILES string of the molecule is COc1ccc(Nc2ccc(N)c(C#N)n2)cc1OC. The molecule has 6 nitrogen and oxygen atoms in total. The van der Waals surface area contributed by atoms with Crippen LogP contribution in [0.25, 0.3) is 0 Å². The summed E-state index contributed by atoms with van der Waals surface area (Å²) in [7, 11) is 3.14. The summed E-state index contributed by atoms with van der Waals surface area (Å²) >= 11 is 0. The second-order valence-corrected chi connectivity index (χ2v) is 3.94. The minimum absolute atomic E-state index is 0.190. The van der Waals surface area contributed by atoms with Crippen molar-refractivity contribution < 1.29 is 9.47 Å². The van der Waals surface area contributed by atoms with Gasteiger partial charge in [0.2, 0.25) is 0 Å². The Balaban J connectivity index is 2.28. The first kappa shape index (κ1) is 13.5. The van der Waals surface area contributed by atoms with Crippen molar-refractivity contribution in [3.8, 4) is 17.6 Å². The Bertz CT molecular complexity index is 665. The lowest BCUT2D eigenvalue weighted by molar-refractivity contribution is 0.355. The molecule has 20 heavy (non-hydrogen) atoms. The van der Waals surface area contributed by atoms with E-state index in [2.05, 4.69) is 10.3 Å². The first-order chi connectivity index (χ1) is 9.67. The molecule has 0 saturated heterocycles. The standard InChI is InChI=1S/C14H14N4O2/c1-19-12-5-3-9(7-13(12)20-2)17-14-6-4-10(16)11(8-15)18-14/h3-7H,16H2,1-2H3,(H,17,18). The van der Waals surface area contributed by atoms with Crippen molar-refractivity contribution in [3.63, 3.8) is 0 Å². The van der Waals surface area contributed by atoms with Gasteiger partial charge in [-0.05, 0) is 24.3 Å². The van der Waals surface area contributed by atoms with Crippen molar-refractivity contribution >= 4 is 17.2 Å². The fourth-order valence-electron chi connectivity index (χ4n) is 1.69. The van der Waals surface area contributed by atoms with Crippen LogP contribution in [0, 0.1) is 11.3 Å². The van der Waals surface area contributed by atoms with Gasteiger partial charge in [0, 0.05) is 11.8 Å². The van der Waals surface area contributed by atoms with Crippen LogP contribution in [-0.2, 0) is 0 Å². The molecule has 1 aromatic heterocycles. The van der Waals surface area contributed by atoms with Gasteiger partial charge in [0.15, 0.2) is 17.2 Å². The zero-order valence-electron chi connectivity index (χ0n) is 11.2. The number of nitrogen functional groups attached to an aromatic ring is 1. The number of aromatic nitrogens is 1. The van der Waals surface area contributed by atoms with E-state index in [1.54, 1.807) is 38.5 Å². The van der Waals surface area contributed by atoms with Gasteiger partial charge in [-0.3, -0.25) is 0 Å². The normalized spacial score (nSPS) is 9.65. The molecular weight excluding hydrogens is 256 g/mol. The maximum Gasteiger partial charge on any atom is 0.165 e. The summed E-state index contributed by atoms with van der Waals surface area (Å²) in [5.41, 5.74) is 6.94. The fourth-order valence-corrected chi connectivity index (χ4v) is 1.69. The summed E-state index contributed by atoms with van der Waals surface area (Å²) in [6.45, 7) is 0. The van der Waals surface area contributed by atoms with Crippen LogP contribution < -0.4 is 20.5 Å². The molecule has 0 aliphatic carbocycles. The van der Waals surface area contributed by atoms with E-state index < -0.39 is 0 Å². The number of ether oxygens (including phenoxy) is 2. The highest BCUT2D eigenvalue weighted by molar-refractivity contribution is 5.63. The molecule has 0 aliphatic heterocycles. The topological polar surface area (TPSA) is 93.2 Å².